The molecule has 114 valence electrons. The van der Waals surface area contributed by atoms with Crippen LogP contribution in [0.25, 0.3) is 0 Å². The maximum atomic E-state index is 14.2. The van der Waals surface area contributed by atoms with Crippen molar-refractivity contribution in [1.29, 1.82) is 0 Å². The van der Waals surface area contributed by atoms with Crippen LogP contribution in [0.15, 0.2) is 18.2 Å². The second kappa shape index (κ2) is 6.86. The number of aromatic nitrogens is 1. The zero-order chi connectivity index (χ0) is 15.6. The summed E-state index contributed by atoms with van der Waals surface area (Å²) in [7, 11) is 0. The van der Waals surface area contributed by atoms with Crippen molar-refractivity contribution >= 4 is 22.9 Å². The van der Waals surface area contributed by atoms with E-state index in [1.165, 1.54) is 10.9 Å². The molecule has 2 nitrogen and oxygen atoms in total. The molecule has 0 aliphatic carbocycles. The number of aryl methyl sites for hydroxylation is 2. The Hall–Kier alpha value is -0.970. The Labute approximate surface area is 134 Å². The van der Waals surface area contributed by atoms with E-state index in [2.05, 4.69) is 24.1 Å². The van der Waals surface area contributed by atoms with Gasteiger partial charge in [0.05, 0.1) is 11.7 Å². The topological polar surface area (TPSA) is 24.9 Å². The number of nitrogens with zero attached hydrogens (tertiary/aromatic N) is 1. The molecular weight excluding hydrogens is 307 g/mol. The van der Waals surface area contributed by atoms with E-state index in [0.29, 0.717) is 10.6 Å². The van der Waals surface area contributed by atoms with Crippen molar-refractivity contribution in [3.05, 3.63) is 50.2 Å². The summed E-state index contributed by atoms with van der Waals surface area (Å²) in [6.45, 7) is 8.21. The van der Waals surface area contributed by atoms with Crippen LogP contribution >= 0.6 is 22.9 Å². The van der Waals surface area contributed by atoms with E-state index in [0.717, 1.165) is 17.1 Å². The number of benzene rings is 1. The van der Waals surface area contributed by atoms with Crippen LogP contribution in [0.1, 0.15) is 48.0 Å². The van der Waals surface area contributed by atoms with Crippen LogP contribution in [0.3, 0.4) is 0 Å². The quantitative estimate of drug-likeness (QED) is 0.845. The van der Waals surface area contributed by atoms with E-state index in [4.69, 9.17) is 11.6 Å². The first-order valence-corrected chi connectivity index (χ1v) is 8.29. The average Bonchev–Trinajstić information content (AvgIpc) is 2.80. The van der Waals surface area contributed by atoms with Gasteiger partial charge in [-0.3, -0.25) is 0 Å². The highest BCUT2D eigenvalue weighted by Crippen LogP contribution is 2.31. The summed E-state index contributed by atoms with van der Waals surface area (Å²) < 4.78 is 14.2. The predicted molar refractivity (Wildman–Crippen MR) is 87.8 cm³/mol. The van der Waals surface area contributed by atoms with E-state index in [1.54, 1.807) is 23.5 Å². The van der Waals surface area contributed by atoms with Gasteiger partial charge < -0.3 is 5.32 Å². The molecule has 0 radical (unpaired) electrons. The summed E-state index contributed by atoms with van der Waals surface area (Å²) in [6, 6.07) is 4.60. The number of rotatable bonds is 5. The third kappa shape index (κ3) is 3.82. The molecule has 2 rings (SSSR count). The molecule has 5 heteroatoms. The molecule has 0 saturated carbocycles. The lowest BCUT2D eigenvalue weighted by Crippen LogP contribution is -2.29. The van der Waals surface area contributed by atoms with Gasteiger partial charge in [0.2, 0.25) is 0 Å². The van der Waals surface area contributed by atoms with Gasteiger partial charge in [0, 0.05) is 21.5 Å². The Bertz CT molecular complexity index is 625. The molecule has 1 aromatic carbocycles. The smallest absolute Gasteiger partial charge is 0.128 e. The number of halogens is 2. The van der Waals surface area contributed by atoms with Crippen LogP contribution in [0.2, 0.25) is 5.02 Å². The fourth-order valence-corrected chi connectivity index (χ4v) is 3.54. The van der Waals surface area contributed by atoms with Crippen molar-refractivity contribution < 1.29 is 4.39 Å². The Balaban J connectivity index is 2.49. The van der Waals surface area contributed by atoms with E-state index >= 15 is 0 Å². The van der Waals surface area contributed by atoms with Gasteiger partial charge in [-0.1, -0.05) is 18.5 Å². The van der Waals surface area contributed by atoms with Crippen molar-refractivity contribution in [2.24, 2.45) is 0 Å². The third-order valence-corrected chi connectivity index (χ3v) is 4.57. The minimum absolute atomic E-state index is 0.211. The van der Waals surface area contributed by atoms with Gasteiger partial charge in [0.25, 0.3) is 0 Å². The van der Waals surface area contributed by atoms with Crippen LogP contribution in [0.4, 0.5) is 4.39 Å². The molecule has 0 aliphatic rings. The van der Waals surface area contributed by atoms with E-state index in [1.807, 2.05) is 13.8 Å². The van der Waals surface area contributed by atoms with Crippen molar-refractivity contribution in [1.82, 2.24) is 10.3 Å². The van der Waals surface area contributed by atoms with E-state index in [-0.39, 0.29) is 17.9 Å². The summed E-state index contributed by atoms with van der Waals surface area (Å²) in [5, 5.41) is 4.82. The van der Waals surface area contributed by atoms with Crippen LogP contribution in [-0.2, 0) is 6.42 Å². The molecule has 21 heavy (non-hydrogen) atoms. The van der Waals surface area contributed by atoms with Crippen molar-refractivity contribution in [3.8, 4) is 0 Å². The highest BCUT2D eigenvalue weighted by molar-refractivity contribution is 7.11. The van der Waals surface area contributed by atoms with Crippen LogP contribution in [-0.4, -0.2) is 11.0 Å². The van der Waals surface area contributed by atoms with Crippen molar-refractivity contribution in [2.45, 2.75) is 46.2 Å². The Morgan fingerprint density at radius 3 is 2.67 bits per heavy atom. The fourth-order valence-electron chi connectivity index (χ4n) is 2.27. The van der Waals surface area contributed by atoms with Gasteiger partial charge in [-0.2, -0.15) is 0 Å². The van der Waals surface area contributed by atoms with Crippen LogP contribution in [0, 0.1) is 12.7 Å². The molecule has 1 unspecified atom stereocenters. The molecule has 0 spiro atoms. The number of thiazole rings is 1. The first-order valence-electron chi connectivity index (χ1n) is 7.09. The van der Waals surface area contributed by atoms with Crippen molar-refractivity contribution in [3.63, 3.8) is 0 Å². The molecule has 1 aromatic heterocycles. The molecule has 0 fully saturated rings. The second-order valence-corrected chi connectivity index (χ2v) is 7.00. The lowest BCUT2D eigenvalue weighted by molar-refractivity contribution is 0.501. The average molecular weight is 327 g/mol. The maximum Gasteiger partial charge on any atom is 0.128 e. The number of hydrogen-bond acceptors (Lipinski definition) is 3. The van der Waals surface area contributed by atoms with Crippen molar-refractivity contribution in [2.75, 3.05) is 0 Å². The van der Waals surface area contributed by atoms with E-state index in [9.17, 15) is 4.39 Å². The summed E-state index contributed by atoms with van der Waals surface area (Å²) in [5.41, 5.74) is 1.63. The Kier molecular flexibility index (Phi) is 5.36. The lowest BCUT2D eigenvalue weighted by atomic mass is 10.1. The van der Waals surface area contributed by atoms with Gasteiger partial charge in [0.1, 0.15) is 10.8 Å². The highest BCUT2D eigenvalue weighted by Gasteiger charge is 2.23. The standard InChI is InChI=1S/C16H20ClFN2S/c1-5-14-10(4)21-16(20-14)15(19-9(2)3)12-8-11(17)6-7-13(12)18/h6-9,15,19H,5H2,1-4H3. The zero-order valence-electron chi connectivity index (χ0n) is 12.7. The molecule has 1 heterocycles. The number of hydrogen-bond donors (Lipinski definition) is 1. The first-order chi connectivity index (χ1) is 9.92. The zero-order valence-corrected chi connectivity index (χ0v) is 14.3. The van der Waals surface area contributed by atoms with Gasteiger partial charge in [-0.15, -0.1) is 11.3 Å². The molecule has 1 atom stereocenters. The summed E-state index contributed by atoms with van der Waals surface area (Å²) in [4.78, 5) is 5.86. The Morgan fingerprint density at radius 1 is 1.38 bits per heavy atom. The summed E-state index contributed by atoms with van der Waals surface area (Å²) >= 11 is 7.65. The summed E-state index contributed by atoms with van der Waals surface area (Å²) in [5.74, 6) is -0.261. The largest absolute Gasteiger partial charge is 0.302 e. The molecule has 0 amide bonds. The Morgan fingerprint density at radius 2 is 2.10 bits per heavy atom. The minimum atomic E-state index is -0.271. The minimum Gasteiger partial charge on any atom is -0.302 e. The lowest BCUT2D eigenvalue weighted by Gasteiger charge is -2.20. The molecule has 2 aromatic rings. The van der Waals surface area contributed by atoms with Gasteiger partial charge >= 0.3 is 0 Å². The highest BCUT2D eigenvalue weighted by atomic mass is 35.5. The SMILES string of the molecule is CCc1nc(C(NC(C)C)c2cc(Cl)ccc2F)sc1C. The molecule has 0 saturated heterocycles. The maximum absolute atomic E-state index is 14.2. The molecule has 1 N–H and O–H groups in total. The monoisotopic (exact) mass is 326 g/mol. The number of nitrogens with one attached hydrogen (secondary N) is 1. The van der Waals surface area contributed by atoms with Gasteiger partial charge in [-0.05, 0) is 45.4 Å². The molecular formula is C16H20ClFN2S. The second-order valence-electron chi connectivity index (χ2n) is 5.33. The van der Waals surface area contributed by atoms with Crippen LogP contribution in [0.5, 0.6) is 0 Å². The van der Waals surface area contributed by atoms with E-state index < -0.39 is 0 Å². The van der Waals surface area contributed by atoms with Crippen LogP contribution < -0.4 is 5.32 Å². The third-order valence-electron chi connectivity index (χ3n) is 3.26. The summed E-state index contributed by atoms with van der Waals surface area (Å²) in [6.07, 6.45) is 0.884. The first kappa shape index (κ1) is 16.4. The van der Waals surface area contributed by atoms with Gasteiger partial charge in [0.15, 0.2) is 0 Å². The normalized spacial score (nSPS) is 12.9. The fraction of sp³-hybridized carbons (Fsp3) is 0.438. The molecule has 0 bridgehead atoms. The molecule has 0 aliphatic heterocycles. The predicted octanol–water partition coefficient (Wildman–Crippen LogP) is 4.89. The van der Waals surface area contributed by atoms with Gasteiger partial charge in [-0.25, -0.2) is 9.37 Å².